The van der Waals surface area contributed by atoms with E-state index in [9.17, 15) is 18.4 Å². The van der Waals surface area contributed by atoms with Gasteiger partial charge in [-0.1, -0.05) is 91.0 Å². The zero-order chi connectivity index (χ0) is 28.4. The van der Waals surface area contributed by atoms with Crippen LogP contribution in [0.3, 0.4) is 0 Å². The van der Waals surface area contributed by atoms with Crippen LogP contribution in [0.5, 0.6) is 0 Å². The highest BCUT2D eigenvalue weighted by Gasteiger charge is 2.30. The second-order valence-electron chi connectivity index (χ2n) is 9.83. The van der Waals surface area contributed by atoms with Gasteiger partial charge < -0.3 is 4.57 Å². The van der Waals surface area contributed by atoms with Crippen molar-refractivity contribution in [1.29, 1.82) is 5.26 Å². The lowest BCUT2D eigenvalue weighted by Crippen LogP contribution is -2.08. The molecule has 0 spiro atoms. The highest BCUT2D eigenvalue weighted by Crippen LogP contribution is 2.35. The van der Waals surface area contributed by atoms with Crippen LogP contribution in [-0.2, 0) is 12.6 Å². The molecule has 200 valence electrons. The SMILES string of the molecule is N#CC(=N[C@H](Cc1ccccc1)c1ccc2c3ccccc3n(-c3ccccc3)c2c1)c1ccc(C(F)(F)F)cc1. The van der Waals surface area contributed by atoms with E-state index in [4.69, 9.17) is 4.99 Å². The number of hydrogen-bond donors (Lipinski definition) is 0. The fourth-order valence-electron chi connectivity index (χ4n) is 5.27. The van der Waals surface area contributed by atoms with Gasteiger partial charge in [-0.3, -0.25) is 4.99 Å². The molecule has 0 saturated heterocycles. The summed E-state index contributed by atoms with van der Waals surface area (Å²) in [6.45, 7) is 0. The predicted molar refractivity (Wildman–Crippen MR) is 157 cm³/mol. The van der Waals surface area contributed by atoms with Crippen molar-refractivity contribution in [3.05, 3.63) is 150 Å². The fraction of sp³-hybridized carbons (Fsp3) is 0.0857. The molecule has 0 N–H and O–H groups in total. The van der Waals surface area contributed by atoms with Crippen molar-refractivity contribution in [2.24, 2.45) is 4.99 Å². The Morgan fingerprint density at radius 2 is 1.37 bits per heavy atom. The molecule has 1 aromatic heterocycles. The van der Waals surface area contributed by atoms with Crippen molar-refractivity contribution in [3.8, 4) is 11.8 Å². The second-order valence-corrected chi connectivity index (χ2v) is 9.83. The number of alkyl halides is 3. The van der Waals surface area contributed by atoms with E-state index in [1.54, 1.807) is 0 Å². The third kappa shape index (κ3) is 5.22. The zero-order valence-corrected chi connectivity index (χ0v) is 21.9. The lowest BCUT2D eigenvalue weighted by Gasteiger charge is -2.16. The van der Waals surface area contributed by atoms with Crippen molar-refractivity contribution in [2.45, 2.75) is 18.6 Å². The molecular formula is C35H24F3N3. The van der Waals surface area contributed by atoms with Crippen LogP contribution in [0.15, 0.2) is 132 Å². The number of benzene rings is 5. The van der Waals surface area contributed by atoms with E-state index in [-0.39, 0.29) is 5.71 Å². The van der Waals surface area contributed by atoms with Gasteiger partial charge >= 0.3 is 6.18 Å². The Hall–Kier alpha value is -5.15. The number of para-hydroxylation sites is 2. The molecule has 1 atom stereocenters. The first-order valence-electron chi connectivity index (χ1n) is 13.2. The highest BCUT2D eigenvalue weighted by molar-refractivity contribution is 6.12. The molecule has 0 radical (unpaired) electrons. The Balaban J connectivity index is 1.51. The van der Waals surface area contributed by atoms with Crippen LogP contribution in [0.4, 0.5) is 13.2 Å². The minimum absolute atomic E-state index is 0.0864. The smallest absolute Gasteiger partial charge is 0.309 e. The number of nitriles is 1. The standard InChI is InChI=1S/C35H24F3N3/c36-35(37,38)27-18-15-25(16-19-27)32(23-39)40-31(21-24-9-3-1-4-10-24)26-17-20-30-29-13-7-8-14-33(29)41(34(30)22-26)28-11-5-2-6-12-28/h1-20,22,31H,21H2/t31-/m1/s1. The molecule has 3 nitrogen and oxygen atoms in total. The maximum atomic E-state index is 13.1. The van der Waals surface area contributed by atoms with Crippen molar-refractivity contribution < 1.29 is 13.2 Å². The van der Waals surface area contributed by atoms with Gasteiger partial charge in [-0.05, 0) is 53.9 Å². The molecule has 0 amide bonds. The van der Waals surface area contributed by atoms with Crippen LogP contribution in [0, 0.1) is 11.3 Å². The Morgan fingerprint density at radius 3 is 2.05 bits per heavy atom. The second kappa shape index (κ2) is 10.8. The average molecular weight is 544 g/mol. The summed E-state index contributed by atoms with van der Waals surface area (Å²) in [5, 5.41) is 12.2. The molecule has 1 heterocycles. The molecule has 6 aromatic rings. The molecule has 0 aliphatic carbocycles. The molecule has 0 saturated carbocycles. The van der Waals surface area contributed by atoms with Crippen molar-refractivity contribution >= 4 is 27.5 Å². The van der Waals surface area contributed by atoms with Crippen LogP contribution in [0.1, 0.15) is 28.3 Å². The summed E-state index contributed by atoms with van der Waals surface area (Å²) < 4.78 is 41.6. The van der Waals surface area contributed by atoms with E-state index in [1.807, 2.05) is 66.7 Å². The molecule has 41 heavy (non-hydrogen) atoms. The number of nitrogens with zero attached hydrogens (tertiary/aromatic N) is 3. The predicted octanol–water partition coefficient (Wildman–Crippen LogP) is 9.10. The Morgan fingerprint density at radius 1 is 0.732 bits per heavy atom. The van der Waals surface area contributed by atoms with E-state index in [2.05, 4.69) is 47.0 Å². The number of rotatable bonds is 6. The van der Waals surface area contributed by atoms with E-state index in [1.165, 1.54) is 12.1 Å². The number of aliphatic imine (C=N–C) groups is 1. The molecule has 6 rings (SSSR count). The topological polar surface area (TPSA) is 41.1 Å². The maximum absolute atomic E-state index is 13.1. The molecule has 5 aromatic carbocycles. The van der Waals surface area contributed by atoms with E-state index < -0.39 is 17.8 Å². The first kappa shape index (κ1) is 26.1. The van der Waals surface area contributed by atoms with Crippen molar-refractivity contribution in [1.82, 2.24) is 4.57 Å². The monoisotopic (exact) mass is 543 g/mol. The average Bonchev–Trinajstić information content (AvgIpc) is 3.33. The number of fused-ring (bicyclic) bond motifs is 3. The summed E-state index contributed by atoms with van der Waals surface area (Å²) in [5.41, 5.74) is 4.73. The van der Waals surface area contributed by atoms with Gasteiger partial charge in [0.15, 0.2) is 0 Å². The minimum atomic E-state index is -4.45. The molecular weight excluding hydrogens is 519 g/mol. The van der Waals surface area contributed by atoms with Crippen LogP contribution < -0.4 is 0 Å². The Kier molecular flexibility index (Phi) is 6.86. The number of aromatic nitrogens is 1. The molecule has 0 aliphatic rings. The first-order chi connectivity index (χ1) is 19.9. The Labute approximate surface area is 235 Å². The zero-order valence-electron chi connectivity index (χ0n) is 21.9. The van der Waals surface area contributed by atoms with Gasteiger partial charge in [0.1, 0.15) is 11.8 Å². The fourth-order valence-corrected chi connectivity index (χ4v) is 5.27. The van der Waals surface area contributed by atoms with Gasteiger partial charge in [-0.25, -0.2) is 0 Å². The molecule has 0 bridgehead atoms. The number of hydrogen-bond acceptors (Lipinski definition) is 2. The quantitative estimate of drug-likeness (QED) is 0.193. The maximum Gasteiger partial charge on any atom is 0.416 e. The third-order valence-electron chi connectivity index (χ3n) is 7.25. The molecule has 0 fully saturated rings. The normalized spacial score (nSPS) is 12.9. The summed E-state index contributed by atoms with van der Waals surface area (Å²) in [7, 11) is 0. The van der Waals surface area contributed by atoms with Crippen LogP contribution in [-0.4, -0.2) is 10.3 Å². The van der Waals surface area contributed by atoms with Crippen LogP contribution in [0.2, 0.25) is 0 Å². The van der Waals surface area contributed by atoms with Gasteiger partial charge in [0.05, 0.1) is 22.6 Å². The first-order valence-corrected chi connectivity index (χ1v) is 13.2. The van der Waals surface area contributed by atoms with E-state index >= 15 is 0 Å². The minimum Gasteiger partial charge on any atom is -0.309 e. The summed E-state index contributed by atoms with van der Waals surface area (Å²) in [5.74, 6) is 0. The molecule has 6 heteroatoms. The lowest BCUT2D eigenvalue weighted by molar-refractivity contribution is -0.137. The van der Waals surface area contributed by atoms with Crippen molar-refractivity contribution in [3.63, 3.8) is 0 Å². The molecule has 0 unspecified atom stereocenters. The van der Waals surface area contributed by atoms with E-state index in [0.717, 1.165) is 50.8 Å². The number of halogens is 3. The summed E-state index contributed by atoms with van der Waals surface area (Å²) in [4.78, 5) is 4.85. The van der Waals surface area contributed by atoms with Gasteiger partial charge in [-0.15, -0.1) is 0 Å². The summed E-state index contributed by atoms with van der Waals surface area (Å²) >= 11 is 0. The van der Waals surface area contributed by atoms with Crippen LogP contribution >= 0.6 is 0 Å². The van der Waals surface area contributed by atoms with Gasteiger partial charge in [-0.2, -0.15) is 18.4 Å². The highest BCUT2D eigenvalue weighted by atomic mass is 19.4. The lowest BCUT2D eigenvalue weighted by atomic mass is 9.97. The van der Waals surface area contributed by atoms with E-state index in [0.29, 0.717) is 12.0 Å². The third-order valence-corrected chi connectivity index (χ3v) is 7.25. The van der Waals surface area contributed by atoms with Gasteiger partial charge in [0, 0.05) is 22.0 Å². The van der Waals surface area contributed by atoms with Gasteiger partial charge in [0.25, 0.3) is 0 Å². The summed E-state index contributed by atoms with van der Waals surface area (Å²) in [6.07, 6.45) is -3.94. The molecule has 0 aliphatic heterocycles. The largest absolute Gasteiger partial charge is 0.416 e. The van der Waals surface area contributed by atoms with Crippen molar-refractivity contribution in [2.75, 3.05) is 0 Å². The van der Waals surface area contributed by atoms with Crippen LogP contribution in [0.25, 0.3) is 27.5 Å². The van der Waals surface area contributed by atoms with Gasteiger partial charge in [0.2, 0.25) is 0 Å². The summed E-state index contributed by atoms with van der Waals surface area (Å²) in [6, 6.07) is 40.7. The Bertz CT molecular complexity index is 1900.